The van der Waals surface area contributed by atoms with Crippen LogP contribution in [0.3, 0.4) is 0 Å². The van der Waals surface area contributed by atoms with Crippen LogP contribution in [0.5, 0.6) is 5.75 Å². The molecular weight excluding hydrogens is 551 g/mol. The number of allylic oxidation sites excluding steroid dienone is 2. The number of anilines is 1. The van der Waals surface area contributed by atoms with E-state index in [0.29, 0.717) is 23.4 Å². The fourth-order valence-electron chi connectivity index (χ4n) is 4.69. The maximum atomic E-state index is 12.5. The van der Waals surface area contributed by atoms with Crippen molar-refractivity contribution in [2.75, 3.05) is 11.9 Å². The van der Waals surface area contributed by atoms with E-state index in [1.165, 1.54) is 38.5 Å². The Kier molecular flexibility index (Phi) is 16.8. The van der Waals surface area contributed by atoms with Crippen LogP contribution in [0.25, 0.3) is 0 Å². The largest absolute Gasteiger partial charge is 0.423 e. The molecule has 2 aromatic carbocycles. The summed E-state index contributed by atoms with van der Waals surface area (Å²) in [6.45, 7) is 2.23. The maximum Gasteiger partial charge on any atom is 0.343 e. The number of nitrogens with two attached hydrogens (primary N) is 1. The highest BCUT2D eigenvalue weighted by Gasteiger charge is 2.23. The molecule has 0 saturated heterocycles. The molecule has 232 valence electrons. The normalized spacial score (nSPS) is 12.4. The highest BCUT2D eigenvalue weighted by atomic mass is 31.2. The maximum absolute atomic E-state index is 12.5. The Labute approximate surface area is 251 Å². The molecule has 9 heteroatoms. The summed E-state index contributed by atoms with van der Waals surface area (Å²) in [4.78, 5) is 43.9. The first kappa shape index (κ1) is 35.3. The monoisotopic (exact) mass is 600 g/mol. The van der Waals surface area contributed by atoms with Gasteiger partial charge in [-0.3, -0.25) is 9.36 Å². The van der Waals surface area contributed by atoms with Gasteiger partial charge in [-0.05, 0) is 80.5 Å². The molecule has 0 fully saturated rings. The third-order valence-electron chi connectivity index (χ3n) is 7.00. The van der Waals surface area contributed by atoms with Crippen molar-refractivity contribution in [2.45, 2.75) is 103 Å². The fraction of sp³-hybridized carbons (Fsp3) is 0.515. The van der Waals surface area contributed by atoms with Gasteiger partial charge in [-0.15, -0.1) is 0 Å². The van der Waals surface area contributed by atoms with Crippen molar-refractivity contribution < 1.29 is 28.7 Å². The molecule has 0 spiro atoms. The van der Waals surface area contributed by atoms with Crippen LogP contribution in [0.2, 0.25) is 0 Å². The minimum absolute atomic E-state index is 0.204. The molecule has 42 heavy (non-hydrogen) atoms. The van der Waals surface area contributed by atoms with Crippen LogP contribution in [0.1, 0.15) is 106 Å². The molecule has 0 aliphatic carbocycles. The first-order valence-corrected chi connectivity index (χ1v) is 17.1. The predicted octanol–water partition coefficient (Wildman–Crippen LogP) is 7.34. The lowest BCUT2D eigenvalue weighted by Gasteiger charge is -2.20. The molecule has 0 aliphatic rings. The van der Waals surface area contributed by atoms with Crippen LogP contribution < -0.4 is 15.8 Å². The van der Waals surface area contributed by atoms with Crippen LogP contribution in [-0.2, 0) is 15.8 Å². The molecule has 1 atom stereocenters. The number of nitrogens with one attached hydrogen (secondary N) is 1. The Morgan fingerprint density at radius 2 is 1.43 bits per heavy atom. The number of esters is 1. The third kappa shape index (κ3) is 16.5. The SMILES string of the molecule is CCCCCCC/C=C\CCCCCCCC(=O)N[C@@H](Cc1ccc(OC(=O)c2ccc(N)cc2)cc1)CP(=O)(O)O. The summed E-state index contributed by atoms with van der Waals surface area (Å²) in [5.41, 5.74) is 7.32. The first-order chi connectivity index (χ1) is 20.2. The second-order valence-corrected chi connectivity index (χ2v) is 12.6. The standard InChI is InChI=1S/C33H49N2O6P/c1-2-3-4-5-6-7-8-9-10-11-12-13-14-15-16-32(36)35-30(26-42(38,39)40)25-27-17-23-31(24-18-27)41-33(37)28-19-21-29(34)22-20-28/h8-9,17-24,30H,2-7,10-16,25-26,34H2,1H3,(H,35,36)(H2,38,39,40)/b9-8-/t30-/m0/s1. The molecule has 0 bridgehead atoms. The van der Waals surface area contributed by atoms with Crippen LogP contribution in [-0.4, -0.2) is 33.9 Å². The quantitative estimate of drug-likeness (QED) is 0.0294. The minimum atomic E-state index is -4.34. The average Bonchev–Trinajstić information content (AvgIpc) is 2.93. The summed E-state index contributed by atoms with van der Waals surface area (Å²) in [7, 11) is -4.34. The van der Waals surface area contributed by atoms with E-state index >= 15 is 0 Å². The van der Waals surface area contributed by atoms with Gasteiger partial charge < -0.3 is 25.6 Å². The van der Waals surface area contributed by atoms with Crippen molar-refractivity contribution in [1.29, 1.82) is 0 Å². The molecule has 5 N–H and O–H groups in total. The zero-order valence-electron chi connectivity index (χ0n) is 25.0. The number of hydrogen-bond donors (Lipinski definition) is 4. The first-order valence-electron chi connectivity index (χ1n) is 15.3. The van der Waals surface area contributed by atoms with E-state index in [0.717, 1.165) is 44.1 Å². The second-order valence-electron chi connectivity index (χ2n) is 11.0. The van der Waals surface area contributed by atoms with E-state index in [-0.39, 0.29) is 12.3 Å². The molecule has 0 radical (unpaired) electrons. The number of carbonyl (C=O) groups is 2. The van der Waals surface area contributed by atoms with E-state index in [9.17, 15) is 23.9 Å². The molecule has 8 nitrogen and oxygen atoms in total. The van der Waals surface area contributed by atoms with Crippen molar-refractivity contribution in [2.24, 2.45) is 0 Å². The minimum Gasteiger partial charge on any atom is -0.423 e. The smallest absolute Gasteiger partial charge is 0.343 e. The van der Waals surface area contributed by atoms with Gasteiger partial charge in [-0.25, -0.2) is 4.79 Å². The van der Waals surface area contributed by atoms with E-state index < -0.39 is 25.8 Å². The van der Waals surface area contributed by atoms with Gasteiger partial charge in [0.2, 0.25) is 5.91 Å². The van der Waals surface area contributed by atoms with Crippen LogP contribution in [0.4, 0.5) is 5.69 Å². The van der Waals surface area contributed by atoms with E-state index in [1.54, 1.807) is 48.5 Å². The third-order valence-corrected chi connectivity index (χ3v) is 7.92. The number of rotatable bonds is 21. The number of unbranched alkanes of at least 4 members (excludes halogenated alkanes) is 10. The molecule has 0 aliphatic heterocycles. The average molecular weight is 601 g/mol. The van der Waals surface area contributed by atoms with Crippen molar-refractivity contribution in [3.05, 3.63) is 71.8 Å². The number of nitrogen functional groups attached to an aromatic ring is 1. The number of hydrogen-bond acceptors (Lipinski definition) is 5. The van der Waals surface area contributed by atoms with Gasteiger partial charge in [-0.1, -0.05) is 76.2 Å². The van der Waals surface area contributed by atoms with Crippen molar-refractivity contribution in [3.8, 4) is 5.75 Å². The van der Waals surface area contributed by atoms with Crippen molar-refractivity contribution in [3.63, 3.8) is 0 Å². The van der Waals surface area contributed by atoms with Crippen LogP contribution in [0, 0.1) is 0 Å². The molecule has 2 aromatic rings. The zero-order chi connectivity index (χ0) is 30.6. The molecule has 0 aromatic heterocycles. The number of ether oxygens (including phenoxy) is 1. The Morgan fingerprint density at radius 3 is 2.02 bits per heavy atom. The summed E-state index contributed by atoms with van der Waals surface area (Å²) >= 11 is 0. The predicted molar refractivity (Wildman–Crippen MR) is 170 cm³/mol. The Hall–Kier alpha value is -2.93. The fourth-order valence-corrected chi connectivity index (χ4v) is 5.49. The second kappa shape index (κ2) is 20.1. The Balaban J connectivity index is 1.69. The van der Waals surface area contributed by atoms with Crippen molar-refractivity contribution in [1.82, 2.24) is 5.32 Å². The topological polar surface area (TPSA) is 139 Å². The van der Waals surface area contributed by atoms with E-state index in [1.807, 2.05) is 0 Å². The van der Waals surface area contributed by atoms with Crippen LogP contribution in [0.15, 0.2) is 60.7 Å². The Bertz CT molecular complexity index is 1130. The Morgan fingerprint density at radius 1 is 0.857 bits per heavy atom. The molecule has 0 heterocycles. The zero-order valence-corrected chi connectivity index (χ0v) is 25.9. The highest BCUT2D eigenvalue weighted by Crippen LogP contribution is 2.35. The van der Waals surface area contributed by atoms with Gasteiger partial charge >= 0.3 is 13.6 Å². The molecular formula is C33H49N2O6P. The number of benzene rings is 2. The summed E-state index contributed by atoms with van der Waals surface area (Å²) in [5, 5.41) is 2.81. The van der Waals surface area contributed by atoms with Gasteiger partial charge in [0.1, 0.15) is 5.75 Å². The molecule has 0 unspecified atom stereocenters. The lowest BCUT2D eigenvalue weighted by molar-refractivity contribution is -0.121. The lowest BCUT2D eigenvalue weighted by atomic mass is 10.1. The van der Waals surface area contributed by atoms with E-state index in [2.05, 4.69) is 24.4 Å². The summed E-state index contributed by atoms with van der Waals surface area (Å²) in [5.74, 6) is -0.385. The van der Waals surface area contributed by atoms with Gasteiger partial charge in [-0.2, -0.15) is 0 Å². The number of amides is 1. The molecule has 2 rings (SSSR count). The molecule has 1 amide bonds. The van der Waals surface area contributed by atoms with Crippen molar-refractivity contribution >= 4 is 25.2 Å². The van der Waals surface area contributed by atoms with Gasteiger partial charge in [0.05, 0.1) is 11.7 Å². The van der Waals surface area contributed by atoms with Crippen LogP contribution >= 0.6 is 7.60 Å². The summed E-state index contributed by atoms with van der Waals surface area (Å²) in [6.07, 6.45) is 18.6. The van der Waals surface area contributed by atoms with Gasteiger partial charge in [0.25, 0.3) is 0 Å². The number of carbonyl (C=O) groups excluding carboxylic acids is 2. The van der Waals surface area contributed by atoms with Gasteiger partial charge in [0, 0.05) is 18.2 Å². The van der Waals surface area contributed by atoms with Gasteiger partial charge in [0.15, 0.2) is 0 Å². The lowest BCUT2D eigenvalue weighted by Crippen LogP contribution is -2.39. The molecule has 0 saturated carbocycles. The summed E-state index contributed by atoms with van der Waals surface area (Å²) in [6, 6.07) is 12.4. The highest BCUT2D eigenvalue weighted by molar-refractivity contribution is 7.51. The van der Waals surface area contributed by atoms with E-state index in [4.69, 9.17) is 10.5 Å². The summed E-state index contributed by atoms with van der Waals surface area (Å²) < 4.78 is 17.1.